The average Bonchev–Trinajstić information content (AvgIpc) is 2.70. The molecule has 0 bridgehead atoms. The topological polar surface area (TPSA) is 35.2 Å². The molecular weight excluding hydrogens is 186 g/mol. The van der Waals surface area contributed by atoms with Crippen molar-refractivity contribution in [3.05, 3.63) is 0 Å². The molecule has 0 aromatic carbocycles. The Labute approximate surface area is 94.6 Å². The van der Waals surface area contributed by atoms with Crippen molar-refractivity contribution in [2.45, 2.75) is 51.9 Å². The summed E-state index contributed by atoms with van der Waals surface area (Å²) in [6.07, 6.45) is 9.20. The monoisotopic (exact) mass is 213 g/mol. The molecule has 0 aromatic rings. The van der Waals surface area contributed by atoms with E-state index >= 15 is 0 Å². The molecule has 2 atom stereocenters. The van der Waals surface area contributed by atoms with Crippen LogP contribution in [-0.2, 0) is 4.74 Å². The van der Waals surface area contributed by atoms with Gasteiger partial charge in [-0.2, -0.15) is 0 Å². The summed E-state index contributed by atoms with van der Waals surface area (Å²) in [7, 11) is 0. The molecule has 1 fully saturated rings. The van der Waals surface area contributed by atoms with Gasteiger partial charge in [-0.05, 0) is 37.6 Å². The van der Waals surface area contributed by atoms with Crippen LogP contribution in [0, 0.1) is 11.8 Å². The van der Waals surface area contributed by atoms with Crippen LogP contribution in [0.1, 0.15) is 51.9 Å². The third-order valence-electron chi connectivity index (χ3n) is 3.59. The van der Waals surface area contributed by atoms with E-state index < -0.39 is 0 Å². The second-order valence-electron chi connectivity index (χ2n) is 4.82. The molecule has 1 rings (SSSR count). The van der Waals surface area contributed by atoms with Crippen LogP contribution in [0.3, 0.4) is 0 Å². The zero-order valence-electron chi connectivity index (χ0n) is 10.2. The lowest BCUT2D eigenvalue weighted by atomic mass is 9.97. The molecule has 0 amide bonds. The number of hydrogen-bond donors (Lipinski definition) is 1. The minimum Gasteiger partial charge on any atom is -0.381 e. The number of hydrogen-bond acceptors (Lipinski definition) is 2. The first kappa shape index (κ1) is 13.0. The van der Waals surface area contributed by atoms with E-state index in [-0.39, 0.29) is 0 Å². The highest BCUT2D eigenvalue weighted by Crippen LogP contribution is 2.30. The van der Waals surface area contributed by atoms with Crippen molar-refractivity contribution in [2.24, 2.45) is 17.6 Å². The summed E-state index contributed by atoms with van der Waals surface area (Å²) in [6, 6.07) is 0. The van der Waals surface area contributed by atoms with Gasteiger partial charge in [-0.25, -0.2) is 0 Å². The third-order valence-corrected chi connectivity index (χ3v) is 3.59. The van der Waals surface area contributed by atoms with Crippen molar-refractivity contribution in [1.29, 1.82) is 0 Å². The lowest BCUT2D eigenvalue weighted by Crippen LogP contribution is -2.22. The molecule has 0 saturated heterocycles. The molecule has 2 nitrogen and oxygen atoms in total. The smallest absolute Gasteiger partial charge is 0.0497 e. The Kier molecular flexibility index (Phi) is 7.03. The van der Waals surface area contributed by atoms with E-state index in [4.69, 9.17) is 10.5 Å². The molecule has 90 valence electrons. The molecular formula is C13H27NO. The first-order valence-corrected chi connectivity index (χ1v) is 6.66. The predicted molar refractivity (Wildman–Crippen MR) is 64.8 cm³/mol. The lowest BCUT2D eigenvalue weighted by Gasteiger charge is -2.17. The minimum absolute atomic E-state index is 0.737. The molecule has 0 heterocycles. The number of unbranched alkanes of at least 4 members (excludes halogenated alkanes) is 3. The number of rotatable bonds is 8. The summed E-state index contributed by atoms with van der Waals surface area (Å²) in [4.78, 5) is 0. The first-order valence-electron chi connectivity index (χ1n) is 6.66. The fraction of sp³-hybridized carbons (Fsp3) is 1.00. The lowest BCUT2D eigenvalue weighted by molar-refractivity contribution is 0.0841. The zero-order chi connectivity index (χ0) is 10.9. The summed E-state index contributed by atoms with van der Waals surface area (Å²) in [5.41, 5.74) is 5.74. The van der Waals surface area contributed by atoms with E-state index in [1.165, 1.54) is 44.9 Å². The van der Waals surface area contributed by atoms with Gasteiger partial charge in [0, 0.05) is 13.2 Å². The number of nitrogens with two attached hydrogens (primary N) is 1. The van der Waals surface area contributed by atoms with Crippen molar-refractivity contribution < 1.29 is 4.74 Å². The van der Waals surface area contributed by atoms with Gasteiger partial charge in [0.05, 0.1) is 0 Å². The van der Waals surface area contributed by atoms with Crippen molar-refractivity contribution in [2.75, 3.05) is 19.8 Å². The average molecular weight is 213 g/mol. The normalized spacial score (nSPS) is 26.0. The van der Waals surface area contributed by atoms with Gasteiger partial charge in [-0.1, -0.05) is 32.6 Å². The second kappa shape index (κ2) is 8.12. The second-order valence-corrected chi connectivity index (χ2v) is 4.82. The van der Waals surface area contributed by atoms with E-state index in [0.717, 1.165) is 31.6 Å². The summed E-state index contributed by atoms with van der Waals surface area (Å²) in [5.74, 6) is 1.49. The van der Waals surface area contributed by atoms with Crippen LogP contribution in [0.15, 0.2) is 0 Å². The Morgan fingerprint density at radius 2 is 1.93 bits per heavy atom. The van der Waals surface area contributed by atoms with Crippen LogP contribution in [-0.4, -0.2) is 19.8 Å². The summed E-state index contributed by atoms with van der Waals surface area (Å²) >= 11 is 0. The minimum atomic E-state index is 0.737. The van der Waals surface area contributed by atoms with Crippen molar-refractivity contribution in [3.63, 3.8) is 0 Å². The molecule has 1 saturated carbocycles. The summed E-state index contributed by atoms with van der Waals surface area (Å²) in [6.45, 7) is 5.00. The van der Waals surface area contributed by atoms with E-state index in [1.807, 2.05) is 0 Å². The van der Waals surface area contributed by atoms with Crippen LogP contribution in [0.25, 0.3) is 0 Å². The van der Waals surface area contributed by atoms with Gasteiger partial charge in [0.15, 0.2) is 0 Å². The van der Waals surface area contributed by atoms with Crippen molar-refractivity contribution in [1.82, 2.24) is 0 Å². The molecule has 1 aliphatic carbocycles. The van der Waals surface area contributed by atoms with Gasteiger partial charge < -0.3 is 10.5 Å². The van der Waals surface area contributed by atoms with Gasteiger partial charge in [0.25, 0.3) is 0 Å². The molecule has 2 unspecified atom stereocenters. The largest absolute Gasteiger partial charge is 0.381 e. The highest BCUT2D eigenvalue weighted by molar-refractivity contribution is 4.77. The highest BCUT2D eigenvalue weighted by atomic mass is 16.5. The number of ether oxygens (including phenoxy) is 1. The highest BCUT2D eigenvalue weighted by Gasteiger charge is 2.25. The standard InChI is InChI=1S/C13H27NO/c1-2-3-4-5-9-15-11-13-8-6-7-12(13)10-14/h12-13H,2-11,14H2,1H3. The first-order chi connectivity index (χ1) is 7.38. The molecule has 1 aliphatic rings. The molecule has 2 heteroatoms. The molecule has 0 radical (unpaired) electrons. The van der Waals surface area contributed by atoms with Crippen LogP contribution in [0.2, 0.25) is 0 Å². The maximum atomic E-state index is 5.74. The molecule has 0 aromatic heterocycles. The van der Waals surface area contributed by atoms with Gasteiger partial charge >= 0.3 is 0 Å². The van der Waals surface area contributed by atoms with Crippen LogP contribution < -0.4 is 5.73 Å². The van der Waals surface area contributed by atoms with E-state index in [2.05, 4.69) is 6.92 Å². The maximum absolute atomic E-state index is 5.74. The summed E-state index contributed by atoms with van der Waals surface area (Å²) < 4.78 is 5.74. The fourth-order valence-corrected chi connectivity index (χ4v) is 2.51. The maximum Gasteiger partial charge on any atom is 0.0497 e. The van der Waals surface area contributed by atoms with E-state index in [1.54, 1.807) is 0 Å². The van der Waals surface area contributed by atoms with Crippen molar-refractivity contribution >= 4 is 0 Å². The molecule has 2 N–H and O–H groups in total. The van der Waals surface area contributed by atoms with Gasteiger partial charge in [-0.3, -0.25) is 0 Å². The summed E-state index contributed by atoms with van der Waals surface area (Å²) in [5, 5.41) is 0. The molecule has 0 aliphatic heterocycles. The van der Waals surface area contributed by atoms with E-state index in [9.17, 15) is 0 Å². The zero-order valence-corrected chi connectivity index (χ0v) is 10.2. The Balaban J connectivity index is 1.95. The Bertz CT molecular complexity index is 149. The molecule has 15 heavy (non-hydrogen) atoms. The van der Waals surface area contributed by atoms with Crippen molar-refractivity contribution in [3.8, 4) is 0 Å². The SMILES string of the molecule is CCCCCCOCC1CCCC1CN. The van der Waals surface area contributed by atoms with Crippen LogP contribution in [0.5, 0.6) is 0 Å². The van der Waals surface area contributed by atoms with Crippen LogP contribution in [0.4, 0.5) is 0 Å². The molecule has 0 spiro atoms. The quantitative estimate of drug-likeness (QED) is 0.629. The van der Waals surface area contributed by atoms with Gasteiger partial charge in [-0.15, -0.1) is 0 Å². The van der Waals surface area contributed by atoms with Gasteiger partial charge in [0.1, 0.15) is 0 Å². The Hall–Kier alpha value is -0.0800. The fourth-order valence-electron chi connectivity index (χ4n) is 2.51. The van der Waals surface area contributed by atoms with Gasteiger partial charge in [0.2, 0.25) is 0 Å². The predicted octanol–water partition coefficient (Wildman–Crippen LogP) is 2.96. The van der Waals surface area contributed by atoms with E-state index in [0.29, 0.717) is 0 Å². The Morgan fingerprint density at radius 1 is 1.13 bits per heavy atom. The third kappa shape index (κ3) is 4.98. The van der Waals surface area contributed by atoms with Crippen LogP contribution >= 0.6 is 0 Å². The Morgan fingerprint density at radius 3 is 2.67 bits per heavy atom.